The van der Waals surface area contributed by atoms with Crippen LogP contribution in [0.3, 0.4) is 0 Å². The van der Waals surface area contributed by atoms with Crippen LogP contribution in [0, 0.1) is 17.0 Å². The normalized spacial score (nSPS) is 12.9. The van der Waals surface area contributed by atoms with E-state index in [1.807, 2.05) is 6.92 Å². The number of benzene rings is 2. The molecule has 1 heterocycles. The average Bonchev–Trinajstić information content (AvgIpc) is 3.00. The smallest absolute Gasteiger partial charge is 0.326 e. The van der Waals surface area contributed by atoms with Gasteiger partial charge in [-0.1, -0.05) is 42.0 Å². The molecular formula is C19H17N3O5S. The van der Waals surface area contributed by atoms with Crippen LogP contribution < -0.4 is 4.80 Å². The highest BCUT2D eigenvalue weighted by Crippen LogP contribution is 2.30. The van der Waals surface area contributed by atoms with Crippen molar-refractivity contribution in [1.82, 2.24) is 4.57 Å². The molecule has 0 saturated heterocycles. The Kier molecular flexibility index (Phi) is 5.36. The molecule has 0 aliphatic carbocycles. The van der Waals surface area contributed by atoms with Crippen molar-refractivity contribution >= 4 is 39.1 Å². The summed E-state index contributed by atoms with van der Waals surface area (Å²) in [6.45, 7) is 3.58. The standard InChI is InChI=1S/C19H17N3O5S/c1-3-13(18(24)25)21-14-5-4-6-15(22(26)27)16(14)28-19(21)20-17(23)12-9-7-11(2)8-10-12/h4-10,13H,3H2,1-2H3,(H,24,25)/b20-19-. The minimum atomic E-state index is -1.10. The van der Waals surface area contributed by atoms with E-state index in [9.17, 15) is 24.8 Å². The third-order valence-corrected chi connectivity index (χ3v) is 5.40. The number of aromatic nitrogens is 1. The number of hydrogen-bond donors (Lipinski definition) is 1. The number of hydrogen-bond acceptors (Lipinski definition) is 5. The van der Waals surface area contributed by atoms with Crippen LogP contribution in [-0.2, 0) is 4.79 Å². The number of fused-ring (bicyclic) bond motifs is 1. The fourth-order valence-electron chi connectivity index (χ4n) is 2.89. The Hall–Kier alpha value is -3.33. The van der Waals surface area contributed by atoms with E-state index in [2.05, 4.69) is 4.99 Å². The summed E-state index contributed by atoms with van der Waals surface area (Å²) in [4.78, 5) is 39.4. The van der Waals surface area contributed by atoms with E-state index >= 15 is 0 Å². The Morgan fingerprint density at radius 2 is 1.93 bits per heavy atom. The fraction of sp³-hybridized carbons (Fsp3) is 0.211. The van der Waals surface area contributed by atoms with Crippen molar-refractivity contribution in [3.63, 3.8) is 0 Å². The molecule has 0 spiro atoms. The average molecular weight is 399 g/mol. The number of non-ortho nitro benzene ring substituents is 1. The highest BCUT2D eigenvalue weighted by molar-refractivity contribution is 7.17. The number of carboxylic acids is 1. The lowest BCUT2D eigenvalue weighted by atomic mass is 10.1. The van der Waals surface area contributed by atoms with E-state index in [0.29, 0.717) is 11.1 Å². The second-order valence-corrected chi connectivity index (χ2v) is 7.16. The Bertz CT molecular complexity index is 1140. The second kappa shape index (κ2) is 7.73. The fourth-order valence-corrected chi connectivity index (χ4v) is 4.04. The maximum absolute atomic E-state index is 12.6. The quantitative estimate of drug-likeness (QED) is 0.519. The molecule has 0 saturated carbocycles. The van der Waals surface area contributed by atoms with Gasteiger partial charge in [0.2, 0.25) is 0 Å². The zero-order chi connectivity index (χ0) is 20.4. The summed E-state index contributed by atoms with van der Waals surface area (Å²) in [5.74, 6) is -1.64. The summed E-state index contributed by atoms with van der Waals surface area (Å²) < 4.78 is 1.67. The van der Waals surface area contributed by atoms with Crippen molar-refractivity contribution in [3.05, 3.63) is 68.5 Å². The molecule has 2 aromatic carbocycles. The predicted molar refractivity (Wildman–Crippen MR) is 105 cm³/mol. The molecule has 3 rings (SSSR count). The molecule has 1 atom stereocenters. The van der Waals surface area contributed by atoms with E-state index in [1.54, 1.807) is 37.3 Å². The van der Waals surface area contributed by atoms with Gasteiger partial charge in [-0.25, -0.2) is 4.79 Å². The van der Waals surface area contributed by atoms with Crippen molar-refractivity contribution < 1.29 is 19.6 Å². The number of thiazole rings is 1. The number of carbonyl (C=O) groups excluding carboxylic acids is 1. The highest BCUT2D eigenvalue weighted by Gasteiger charge is 2.25. The molecule has 0 bridgehead atoms. The maximum Gasteiger partial charge on any atom is 0.326 e. The van der Waals surface area contributed by atoms with Gasteiger partial charge in [0.15, 0.2) is 4.80 Å². The number of rotatable bonds is 5. The lowest BCUT2D eigenvalue weighted by Gasteiger charge is -2.13. The van der Waals surface area contributed by atoms with Crippen LogP contribution in [0.5, 0.6) is 0 Å². The van der Waals surface area contributed by atoms with Crippen molar-refractivity contribution in [1.29, 1.82) is 0 Å². The lowest BCUT2D eigenvalue weighted by molar-refractivity contribution is -0.382. The Morgan fingerprint density at radius 1 is 1.25 bits per heavy atom. The molecule has 0 fully saturated rings. The van der Waals surface area contributed by atoms with Gasteiger partial charge < -0.3 is 9.67 Å². The molecule has 1 unspecified atom stereocenters. The number of nitro groups is 1. The van der Waals surface area contributed by atoms with E-state index in [4.69, 9.17) is 0 Å². The Balaban J connectivity index is 2.29. The van der Waals surface area contributed by atoms with Gasteiger partial charge >= 0.3 is 5.97 Å². The van der Waals surface area contributed by atoms with Crippen LogP contribution in [0.2, 0.25) is 0 Å². The molecule has 1 N–H and O–H groups in total. The Morgan fingerprint density at radius 3 is 2.50 bits per heavy atom. The highest BCUT2D eigenvalue weighted by atomic mass is 32.1. The summed E-state index contributed by atoms with van der Waals surface area (Å²) in [5, 5.41) is 21.0. The molecule has 1 aromatic heterocycles. The van der Waals surface area contributed by atoms with Crippen LogP contribution in [0.15, 0.2) is 47.5 Å². The third kappa shape index (κ3) is 3.56. The molecular weight excluding hydrogens is 382 g/mol. The van der Waals surface area contributed by atoms with Crippen LogP contribution in [0.4, 0.5) is 5.69 Å². The first-order valence-electron chi connectivity index (χ1n) is 8.50. The zero-order valence-corrected chi connectivity index (χ0v) is 16.0. The molecule has 0 radical (unpaired) electrons. The van der Waals surface area contributed by atoms with E-state index in [0.717, 1.165) is 16.9 Å². The summed E-state index contributed by atoms with van der Waals surface area (Å²) in [6, 6.07) is 10.3. The summed E-state index contributed by atoms with van der Waals surface area (Å²) >= 11 is 0.937. The van der Waals surface area contributed by atoms with Gasteiger partial charge in [0.05, 0.1) is 10.4 Å². The molecule has 3 aromatic rings. The van der Waals surface area contributed by atoms with Gasteiger partial charge in [-0.15, -0.1) is 0 Å². The van der Waals surface area contributed by atoms with Crippen LogP contribution in [0.1, 0.15) is 35.3 Å². The van der Waals surface area contributed by atoms with Gasteiger partial charge in [0.1, 0.15) is 10.7 Å². The first-order chi connectivity index (χ1) is 13.3. The largest absolute Gasteiger partial charge is 0.480 e. The first kappa shape index (κ1) is 19.4. The minimum Gasteiger partial charge on any atom is -0.480 e. The minimum absolute atomic E-state index is 0.115. The molecule has 1 amide bonds. The van der Waals surface area contributed by atoms with Crippen molar-refractivity contribution in [2.45, 2.75) is 26.3 Å². The summed E-state index contributed by atoms with van der Waals surface area (Å²) in [7, 11) is 0. The van der Waals surface area contributed by atoms with Crippen molar-refractivity contribution in [2.24, 2.45) is 4.99 Å². The number of amides is 1. The van der Waals surface area contributed by atoms with Crippen LogP contribution in [0.25, 0.3) is 10.2 Å². The van der Waals surface area contributed by atoms with Crippen molar-refractivity contribution in [3.8, 4) is 0 Å². The summed E-state index contributed by atoms with van der Waals surface area (Å²) in [6.07, 6.45) is 0.232. The molecule has 0 aliphatic rings. The van der Waals surface area contributed by atoms with E-state index in [-0.39, 0.29) is 21.6 Å². The van der Waals surface area contributed by atoms with Crippen LogP contribution >= 0.6 is 11.3 Å². The van der Waals surface area contributed by atoms with Crippen LogP contribution in [-0.4, -0.2) is 26.5 Å². The molecule has 8 nitrogen and oxygen atoms in total. The number of aliphatic carboxylic acids is 1. The second-order valence-electron chi connectivity index (χ2n) is 6.18. The summed E-state index contributed by atoms with van der Waals surface area (Å²) in [5.41, 5.74) is 1.55. The van der Waals surface area contributed by atoms with Gasteiger partial charge in [0.25, 0.3) is 11.6 Å². The van der Waals surface area contributed by atoms with Gasteiger partial charge in [-0.2, -0.15) is 4.99 Å². The molecule has 0 aliphatic heterocycles. The zero-order valence-electron chi connectivity index (χ0n) is 15.2. The number of carbonyl (C=O) groups is 2. The molecule has 28 heavy (non-hydrogen) atoms. The van der Waals surface area contributed by atoms with Gasteiger partial charge in [-0.05, 0) is 31.5 Å². The molecule has 9 heteroatoms. The number of aryl methyl sites for hydroxylation is 1. The monoisotopic (exact) mass is 399 g/mol. The lowest BCUT2D eigenvalue weighted by Crippen LogP contribution is -2.27. The Labute approximate surface area is 163 Å². The van der Waals surface area contributed by atoms with E-state index < -0.39 is 22.8 Å². The van der Waals surface area contributed by atoms with E-state index in [1.165, 1.54) is 16.7 Å². The van der Waals surface area contributed by atoms with Crippen molar-refractivity contribution in [2.75, 3.05) is 0 Å². The molecule has 144 valence electrons. The van der Waals surface area contributed by atoms with Gasteiger partial charge in [0, 0.05) is 11.6 Å². The number of nitro benzene ring substituents is 1. The predicted octanol–water partition coefficient (Wildman–Crippen LogP) is 3.70. The number of nitrogens with zero attached hydrogens (tertiary/aromatic N) is 3. The number of carboxylic acid groups (broad SMARTS) is 1. The topological polar surface area (TPSA) is 115 Å². The third-order valence-electron chi connectivity index (χ3n) is 4.31. The van der Waals surface area contributed by atoms with Gasteiger partial charge in [-0.3, -0.25) is 14.9 Å². The maximum atomic E-state index is 12.6. The first-order valence-corrected chi connectivity index (χ1v) is 9.32. The SMILES string of the molecule is CCC(C(=O)O)n1/c(=N/C(=O)c2ccc(C)cc2)sc2c([N+](=O)[O-])cccc21.